The molecule has 6 heteroatoms. The SMILES string of the molecule is CCCC/C=C\CCCCCCCC(=O)OCCCCCCCCCCCC/C=C\CCCCCCCCCC(=O)NC(CO)C(O)CCCCCCCCCCCCCCCCCCCCC. The van der Waals surface area contributed by atoms with Gasteiger partial charge in [0, 0.05) is 12.8 Å². The molecule has 0 rings (SSSR count). The Balaban J connectivity index is 3.43. The monoisotopic (exact) mass is 958 g/mol. The number of hydrogen-bond donors (Lipinski definition) is 3. The summed E-state index contributed by atoms with van der Waals surface area (Å²) >= 11 is 0. The van der Waals surface area contributed by atoms with Crippen molar-refractivity contribution < 1.29 is 24.5 Å². The number of unbranched alkanes of at least 4 members (excludes halogenated alkanes) is 42. The van der Waals surface area contributed by atoms with Gasteiger partial charge in [-0.25, -0.2) is 0 Å². The summed E-state index contributed by atoms with van der Waals surface area (Å²) in [7, 11) is 0. The number of carbonyl (C=O) groups excluding carboxylic acids is 2. The van der Waals surface area contributed by atoms with Gasteiger partial charge < -0.3 is 20.3 Å². The summed E-state index contributed by atoms with van der Waals surface area (Å²) in [5, 5.41) is 23.3. The van der Waals surface area contributed by atoms with Crippen molar-refractivity contribution in [2.45, 2.75) is 347 Å². The average Bonchev–Trinajstić information content (AvgIpc) is 3.34. The number of hydrogen-bond acceptors (Lipinski definition) is 5. The molecule has 0 aliphatic carbocycles. The molecule has 0 saturated heterocycles. The molecule has 0 aromatic rings. The van der Waals surface area contributed by atoms with E-state index in [9.17, 15) is 19.8 Å². The van der Waals surface area contributed by atoms with Gasteiger partial charge in [0.2, 0.25) is 5.91 Å². The number of rotatable bonds is 57. The van der Waals surface area contributed by atoms with Crippen molar-refractivity contribution in [2.75, 3.05) is 13.2 Å². The summed E-state index contributed by atoms with van der Waals surface area (Å²) in [5.74, 6) is -0.0426. The summed E-state index contributed by atoms with van der Waals surface area (Å²) in [6, 6.07) is -0.547. The van der Waals surface area contributed by atoms with Crippen molar-refractivity contribution in [3.8, 4) is 0 Å². The van der Waals surface area contributed by atoms with Gasteiger partial charge in [-0.3, -0.25) is 9.59 Å². The Morgan fingerprint density at radius 3 is 1.09 bits per heavy atom. The van der Waals surface area contributed by atoms with Crippen molar-refractivity contribution in [3.05, 3.63) is 24.3 Å². The molecule has 1 amide bonds. The molecule has 2 unspecified atom stereocenters. The van der Waals surface area contributed by atoms with Crippen LogP contribution in [-0.2, 0) is 14.3 Å². The van der Waals surface area contributed by atoms with Crippen molar-refractivity contribution in [2.24, 2.45) is 0 Å². The van der Waals surface area contributed by atoms with Crippen molar-refractivity contribution >= 4 is 11.9 Å². The van der Waals surface area contributed by atoms with E-state index >= 15 is 0 Å². The van der Waals surface area contributed by atoms with Gasteiger partial charge >= 0.3 is 5.97 Å². The number of allylic oxidation sites excluding steroid dienone is 4. The largest absolute Gasteiger partial charge is 0.466 e. The Labute approximate surface area is 424 Å². The van der Waals surface area contributed by atoms with E-state index in [4.69, 9.17) is 4.74 Å². The second-order valence-electron chi connectivity index (χ2n) is 21.0. The highest BCUT2D eigenvalue weighted by Gasteiger charge is 2.20. The van der Waals surface area contributed by atoms with E-state index in [0.717, 1.165) is 44.9 Å². The van der Waals surface area contributed by atoms with Crippen LogP contribution in [0.4, 0.5) is 0 Å². The molecule has 0 aromatic carbocycles. The molecule has 3 N–H and O–H groups in total. The van der Waals surface area contributed by atoms with Gasteiger partial charge in [0.25, 0.3) is 0 Å². The summed E-state index contributed by atoms with van der Waals surface area (Å²) in [6.07, 6.45) is 70.4. The number of aliphatic hydroxyl groups excluding tert-OH is 2. The van der Waals surface area contributed by atoms with Crippen LogP contribution in [0, 0.1) is 0 Å². The molecule has 0 bridgehead atoms. The quantitative estimate of drug-likeness (QED) is 0.0321. The van der Waals surface area contributed by atoms with Crippen LogP contribution >= 0.6 is 0 Å². The Morgan fingerprint density at radius 1 is 0.397 bits per heavy atom. The zero-order chi connectivity index (χ0) is 49.3. The molecule has 0 saturated carbocycles. The zero-order valence-corrected chi connectivity index (χ0v) is 45.9. The second-order valence-corrected chi connectivity index (χ2v) is 21.0. The fourth-order valence-electron chi connectivity index (χ4n) is 9.50. The van der Waals surface area contributed by atoms with Crippen molar-refractivity contribution in [1.82, 2.24) is 5.32 Å². The van der Waals surface area contributed by atoms with Crippen LogP contribution < -0.4 is 5.32 Å². The molecule has 68 heavy (non-hydrogen) atoms. The molecule has 0 aliphatic heterocycles. The third-order valence-electron chi connectivity index (χ3n) is 14.2. The number of nitrogens with one attached hydrogen (secondary N) is 1. The lowest BCUT2D eigenvalue weighted by atomic mass is 10.0. The Morgan fingerprint density at radius 2 is 0.706 bits per heavy atom. The van der Waals surface area contributed by atoms with Gasteiger partial charge in [-0.2, -0.15) is 0 Å². The van der Waals surface area contributed by atoms with E-state index in [-0.39, 0.29) is 18.5 Å². The summed E-state index contributed by atoms with van der Waals surface area (Å²) in [6.45, 7) is 4.93. The van der Waals surface area contributed by atoms with Crippen LogP contribution in [0.15, 0.2) is 24.3 Å². The number of amides is 1. The first kappa shape index (κ1) is 66.3. The third kappa shape index (κ3) is 53.7. The van der Waals surface area contributed by atoms with Gasteiger partial charge in [-0.15, -0.1) is 0 Å². The van der Waals surface area contributed by atoms with Gasteiger partial charge in [0.1, 0.15) is 0 Å². The molecule has 0 fully saturated rings. The molecule has 2 atom stereocenters. The van der Waals surface area contributed by atoms with Crippen molar-refractivity contribution in [1.29, 1.82) is 0 Å². The predicted octanol–water partition coefficient (Wildman–Crippen LogP) is 19.0. The topological polar surface area (TPSA) is 95.9 Å². The van der Waals surface area contributed by atoms with E-state index < -0.39 is 12.1 Å². The smallest absolute Gasteiger partial charge is 0.305 e. The Bertz CT molecular complexity index is 1060. The number of esters is 1. The first-order valence-corrected chi connectivity index (χ1v) is 30.6. The van der Waals surface area contributed by atoms with Gasteiger partial charge in [-0.1, -0.05) is 276 Å². The predicted molar refractivity (Wildman–Crippen MR) is 296 cm³/mol. The van der Waals surface area contributed by atoms with Crippen LogP contribution in [-0.4, -0.2) is 47.4 Å². The number of carbonyl (C=O) groups is 2. The van der Waals surface area contributed by atoms with E-state index in [1.165, 1.54) is 257 Å². The molecule has 0 heterocycles. The molecule has 0 radical (unpaired) electrons. The second kappa shape index (κ2) is 57.9. The van der Waals surface area contributed by atoms with E-state index in [0.29, 0.717) is 25.9 Å². The maximum atomic E-state index is 12.5. The lowest BCUT2D eigenvalue weighted by Gasteiger charge is -2.22. The van der Waals surface area contributed by atoms with Gasteiger partial charge in [0.05, 0.1) is 25.4 Å². The van der Waals surface area contributed by atoms with Gasteiger partial charge in [0.15, 0.2) is 0 Å². The standard InChI is InChI=1S/C62H119NO5/c1-3-5-7-9-11-13-15-16-17-18-22-25-28-31-35-38-42-46-50-54-60(65)59(58-64)63-61(66)55-51-47-43-39-36-32-29-26-23-20-19-21-24-27-30-33-37-41-45-49-53-57-68-62(67)56-52-48-44-40-34-14-12-10-8-6-4-2/h10,12,20,23,59-60,64-65H,3-9,11,13-19,21-22,24-58H2,1-2H3,(H,63,66)/b12-10-,23-20-. The van der Waals surface area contributed by atoms with Crippen LogP contribution in [0.5, 0.6) is 0 Å². The minimum atomic E-state index is -0.670. The molecule has 0 aliphatic rings. The molecule has 6 nitrogen and oxygen atoms in total. The van der Waals surface area contributed by atoms with Gasteiger partial charge in [-0.05, 0) is 70.6 Å². The number of aliphatic hydroxyl groups is 2. The molecule has 402 valence electrons. The van der Waals surface area contributed by atoms with E-state index in [1.54, 1.807) is 0 Å². The fourth-order valence-corrected chi connectivity index (χ4v) is 9.50. The van der Waals surface area contributed by atoms with Crippen LogP contribution in [0.2, 0.25) is 0 Å². The number of ether oxygens (including phenoxy) is 1. The van der Waals surface area contributed by atoms with Crippen LogP contribution in [0.3, 0.4) is 0 Å². The van der Waals surface area contributed by atoms with E-state index in [2.05, 4.69) is 43.5 Å². The minimum absolute atomic E-state index is 0.00253. The maximum Gasteiger partial charge on any atom is 0.305 e. The lowest BCUT2D eigenvalue weighted by molar-refractivity contribution is -0.143. The summed E-state index contributed by atoms with van der Waals surface area (Å²) in [4.78, 5) is 24.5. The first-order valence-electron chi connectivity index (χ1n) is 30.6. The highest BCUT2D eigenvalue weighted by Crippen LogP contribution is 2.17. The highest BCUT2D eigenvalue weighted by molar-refractivity contribution is 5.76. The normalized spacial score (nSPS) is 12.7. The molecule has 0 spiro atoms. The summed E-state index contributed by atoms with van der Waals surface area (Å²) in [5.41, 5.74) is 0. The Kier molecular flexibility index (Phi) is 56.5. The van der Waals surface area contributed by atoms with Crippen molar-refractivity contribution in [3.63, 3.8) is 0 Å². The fraction of sp³-hybridized carbons (Fsp3) is 0.903. The summed E-state index contributed by atoms with van der Waals surface area (Å²) < 4.78 is 5.45. The molecular formula is C62H119NO5. The van der Waals surface area contributed by atoms with E-state index in [1.807, 2.05) is 0 Å². The van der Waals surface area contributed by atoms with Crippen LogP contribution in [0.1, 0.15) is 335 Å². The zero-order valence-electron chi connectivity index (χ0n) is 45.9. The highest BCUT2D eigenvalue weighted by atomic mass is 16.5. The molecule has 0 aromatic heterocycles. The van der Waals surface area contributed by atoms with Crippen LogP contribution in [0.25, 0.3) is 0 Å². The lowest BCUT2D eigenvalue weighted by Crippen LogP contribution is -2.45. The first-order chi connectivity index (χ1) is 33.5. The Hall–Kier alpha value is -1.66. The minimum Gasteiger partial charge on any atom is -0.466 e. The third-order valence-corrected chi connectivity index (χ3v) is 14.2. The average molecular weight is 959 g/mol. The molecular weight excluding hydrogens is 839 g/mol. The maximum absolute atomic E-state index is 12.5.